The molecule has 14 heavy (non-hydrogen) atoms. The molecule has 1 nitrogen and oxygen atoms in total. The lowest BCUT2D eigenvalue weighted by molar-refractivity contribution is 0.218. The lowest BCUT2D eigenvalue weighted by Crippen LogP contribution is -2.22. The lowest BCUT2D eigenvalue weighted by Gasteiger charge is -2.23. The average molecular weight is 192 g/mol. The first-order chi connectivity index (χ1) is 6.47. The minimum absolute atomic E-state index is 0.134. The van der Waals surface area contributed by atoms with Gasteiger partial charge in [-0.1, -0.05) is 52.0 Å². The van der Waals surface area contributed by atoms with E-state index in [1.807, 2.05) is 0 Å². The van der Waals surface area contributed by atoms with Crippen molar-refractivity contribution >= 4 is 0 Å². The number of rotatable bonds is 3. The zero-order valence-electron chi connectivity index (χ0n) is 9.54. The molecule has 0 atom stereocenters. The van der Waals surface area contributed by atoms with Crippen LogP contribution in [0.4, 0.5) is 0 Å². The molecule has 0 unspecified atom stereocenters. The van der Waals surface area contributed by atoms with Crippen LogP contribution in [-0.4, -0.2) is 11.7 Å². The van der Waals surface area contributed by atoms with Crippen LogP contribution in [0.1, 0.15) is 44.7 Å². The maximum Gasteiger partial charge on any atom is 0.0522 e. The van der Waals surface area contributed by atoms with Gasteiger partial charge in [0.1, 0.15) is 0 Å². The molecule has 1 aromatic rings. The van der Waals surface area contributed by atoms with Crippen LogP contribution in [0.2, 0.25) is 0 Å². The summed E-state index contributed by atoms with van der Waals surface area (Å²) >= 11 is 0. The van der Waals surface area contributed by atoms with E-state index in [9.17, 15) is 5.11 Å². The Bertz CT molecular complexity index is 300. The monoisotopic (exact) mass is 192 g/mol. The first kappa shape index (κ1) is 11.3. The fraction of sp³-hybridized carbons (Fsp3) is 0.538. The van der Waals surface area contributed by atoms with Crippen LogP contribution in [0.25, 0.3) is 0 Å². The molecule has 1 aromatic carbocycles. The first-order valence-corrected chi connectivity index (χ1v) is 5.18. The normalized spacial score (nSPS) is 12.1. The van der Waals surface area contributed by atoms with E-state index >= 15 is 0 Å². The molecule has 0 aliphatic carbocycles. The summed E-state index contributed by atoms with van der Waals surface area (Å²) < 4.78 is 0. The molecule has 0 saturated heterocycles. The topological polar surface area (TPSA) is 20.2 Å². The fourth-order valence-corrected chi connectivity index (χ4v) is 1.41. The van der Waals surface area contributed by atoms with Gasteiger partial charge < -0.3 is 5.11 Å². The average Bonchev–Trinajstić information content (AvgIpc) is 2.18. The van der Waals surface area contributed by atoms with Gasteiger partial charge in [0, 0.05) is 5.41 Å². The van der Waals surface area contributed by atoms with E-state index < -0.39 is 0 Å². The van der Waals surface area contributed by atoms with Crippen molar-refractivity contribution in [1.29, 1.82) is 0 Å². The molecule has 1 N–H and O–H groups in total. The van der Waals surface area contributed by atoms with Crippen molar-refractivity contribution in [1.82, 2.24) is 0 Å². The highest BCUT2D eigenvalue weighted by Gasteiger charge is 2.19. The molecule has 0 bridgehead atoms. The summed E-state index contributed by atoms with van der Waals surface area (Å²) in [5, 5.41) is 9.28. The molecule has 0 aliphatic heterocycles. The second-order valence-corrected chi connectivity index (χ2v) is 4.82. The van der Waals surface area contributed by atoms with Gasteiger partial charge in [-0.25, -0.2) is 0 Å². The van der Waals surface area contributed by atoms with Gasteiger partial charge in [0.05, 0.1) is 6.61 Å². The highest BCUT2D eigenvalue weighted by atomic mass is 16.3. The molecule has 0 amide bonds. The molecular formula is C13H20O. The SMILES string of the molecule is CC(C)c1cccc(C(C)(C)CO)c1. The number of benzene rings is 1. The van der Waals surface area contributed by atoms with Crippen LogP contribution < -0.4 is 0 Å². The van der Waals surface area contributed by atoms with E-state index in [4.69, 9.17) is 0 Å². The molecule has 0 heterocycles. The Kier molecular flexibility index (Phi) is 3.33. The molecule has 1 heteroatoms. The highest BCUT2D eigenvalue weighted by Crippen LogP contribution is 2.25. The quantitative estimate of drug-likeness (QED) is 0.780. The largest absolute Gasteiger partial charge is 0.395 e. The molecule has 78 valence electrons. The number of aliphatic hydroxyl groups excluding tert-OH is 1. The molecule has 0 spiro atoms. The van der Waals surface area contributed by atoms with E-state index in [1.165, 1.54) is 11.1 Å². The third-order valence-corrected chi connectivity index (χ3v) is 2.73. The molecule has 0 saturated carbocycles. The second kappa shape index (κ2) is 4.14. The summed E-state index contributed by atoms with van der Waals surface area (Å²) in [6, 6.07) is 8.49. The Morgan fingerprint density at radius 2 is 1.93 bits per heavy atom. The molecule has 0 radical (unpaired) electrons. The molecular weight excluding hydrogens is 172 g/mol. The van der Waals surface area contributed by atoms with E-state index in [1.54, 1.807) is 0 Å². The van der Waals surface area contributed by atoms with Crippen molar-refractivity contribution in [3.05, 3.63) is 35.4 Å². The Labute approximate surface area is 86.8 Å². The van der Waals surface area contributed by atoms with Crippen molar-refractivity contribution in [2.24, 2.45) is 0 Å². The van der Waals surface area contributed by atoms with E-state index in [-0.39, 0.29) is 12.0 Å². The zero-order valence-corrected chi connectivity index (χ0v) is 9.54. The second-order valence-electron chi connectivity index (χ2n) is 4.82. The molecule has 0 fully saturated rings. The van der Waals surface area contributed by atoms with Crippen molar-refractivity contribution in [2.75, 3.05) is 6.61 Å². The van der Waals surface area contributed by atoms with E-state index in [0.717, 1.165) is 0 Å². The van der Waals surface area contributed by atoms with Gasteiger partial charge in [-0.05, 0) is 17.0 Å². The summed E-state index contributed by atoms with van der Waals surface area (Å²) in [5.74, 6) is 0.546. The summed E-state index contributed by atoms with van der Waals surface area (Å²) in [4.78, 5) is 0. The van der Waals surface area contributed by atoms with Crippen molar-refractivity contribution in [3.63, 3.8) is 0 Å². The predicted molar refractivity (Wildman–Crippen MR) is 60.6 cm³/mol. The fourth-order valence-electron chi connectivity index (χ4n) is 1.41. The van der Waals surface area contributed by atoms with Crippen LogP contribution in [0, 0.1) is 0 Å². The van der Waals surface area contributed by atoms with Gasteiger partial charge >= 0.3 is 0 Å². The maximum absolute atomic E-state index is 9.28. The first-order valence-electron chi connectivity index (χ1n) is 5.18. The minimum atomic E-state index is -0.134. The Hall–Kier alpha value is -0.820. The van der Waals surface area contributed by atoms with E-state index in [2.05, 4.69) is 52.0 Å². The van der Waals surface area contributed by atoms with Crippen LogP contribution in [-0.2, 0) is 5.41 Å². The number of aliphatic hydroxyl groups is 1. The molecule has 0 aliphatic rings. The van der Waals surface area contributed by atoms with Crippen LogP contribution in [0.3, 0.4) is 0 Å². The van der Waals surface area contributed by atoms with Gasteiger partial charge in [0.15, 0.2) is 0 Å². The van der Waals surface area contributed by atoms with Crippen molar-refractivity contribution in [3.8, 4) is 0 Å². The van der Waals surface area contributed by atoms with Gasteiger partial charge in [0.25, 0.3) is 0 Å². The summed E-state index contributed by atoms with van der Waals surface area (Å²) in [7, 11) is 0. The maximum atomic E-state index is 9.28. The smallest absolute Gasteiger partial charge is 0.0522 e. The Balaban J connectivity index is 3.05. The van der Waals surface area contributed by atoms with E-state index in [0.29, 0.717) is 5.92 Å². The van der Waals surface area contributed by atoms with Crippen LogP contribution in [0.5, 0.6) is 0 Å². The predicted octanol–water partition coefficient (Wildman–Crippen LogP) is 3.08. The summed E-state index contributed by atoms with van der Waals surface area (Å²) in [6.45, 7) is 8.68. The third kappa shape index (κ3) is 2.36. The third-order valence-electron chi connectivity index (χ3n) is 2.73. The van der Waals surface area contributed by atoms with Gasteiger partial charge in [-0.15, -0.1) is 0 Å². The standard InChI is InChI=1S/C13H20O/c1-10(2)11-6-5-7-12(8-11)13(3,4)9-14/h5-8,10,14H,9H2,1-4H3. The lowest BCUT2D eigenvalue weighted by atomic mass is 9.84. The van der Waals surface area contributed by atoms with Gasteiger partial charge in [-0.3, -0.25) is 0 Å². The van der Waals surface area contributed by atoms with Crippen molar-refractivity contribution in [2.45, 2.75) is 39.0 Å². The molecule has 0 aromatic heterocycles. The molecule has 1 rings (SSSR count). The van der Waals surface area contributed by atoms with Crippen LogP contribution >= 0.6 is 0 Å². The van der Waals surface area contributed by atoms with Crippen LogP contribution in [0.15, 0.2) is 24.3 Å². The Morgan fingerprint density at radius 1 is 1.29 bits per heavy atom. The van der Waals surface area contributed by atoms with Crippen molar-refractivity contribution < 1.29 is 5.11 Å². The summed E-state index contributed by atoms with van der Waals surface area (Å²) in [5.41, 5.74) is 2.42. The zero-order chi connectivity index (χ0) is 10.8. The highest BCUT2D eigenvalue weighted by molar-refractivity contribution is 5.30. The number of hydrogen-bond acceptors (Lipinski definition) is 1. The Morgan fingerprint density at radius 3 is 2.43 bits per heavy atom. The van der Waals surface area contributed by atoms with Gasteiger partial charge in [-0.2, -0.15) is 0 Å². The minimum Gasteiger partial charge on any atom is -0.395 e. The number of hydrogen-bond donors (Lipinski definition) is 1. The summed E-state index contributed by atoms with van der Waals surface area (Å²) in [6.07, 6.45) is 0. The van der Waals surface area contributed by atoms with Gasteiger partial charge in [0.2, 0.25) is 0 Å².